The average Bonchev–Trinajstić information content (AvgIpc) is 3.46. The van der Waals surface area contributed by atoms with E-state index in [-0.39, 0.29) is 17.5 Å². The fraction of sp³-hybridized carbons (Fsp3) is 0.343. The van der Waals surface area contributed by atoms with Gasteiger partial charge in [0.1, 0.15) is 23.2 Å². The fourth-order valence-electron chi connectivity index (χ4n) is 5.56. The van der Waals surface area contributed by atoms with Crippen LogP contribution in [0.15, 0.2) is 78.9 Å². The summed E-state index contributed by atoms with van der Waals surface area (Å²) in [7, 11) is 0. The molecule has 212 valence electrons. The summed E-state index contributed by atoms with van der Waals surface area (Å²) in [4.78, 5) is 30.1. The summed E-state index contributed by atoms with van der Waals surface area (Å²) in [6.07, 6.45) is 5.68. The second-order valence-electron chi connectivity index (χ2n) is 12.1. The Morgan fingerprint density at radius 2 is 1.63 bits per heavy atom. The quantitative estimate of drug-likeness (QED) is 0.225. The van der Waals surface area contributed by atoms with E-state index in [1.807, 2.05) is 60.7 Å². The molecule has 3 aromatic carbocycles. The van der Waals surface area contributed by atoms with Crippen LogP contribution in [0.1, 0.15) is 73.8 Å². The molecule has 1 atom stereocenters. The molecule has 6 heteroatoms. The summed E-state index contributed by atoms with van der Waals surface area (Å²) < 4.78 is 6.22. The van der Waals surface area contributed by atoms with Crippen molar-refractivity contribution in [2.45, 2.75) is 70.8 Å². The number of nitrogens with one attached hydrogen (secondary N) is 1. The van der Waals surface area contributed by atoms with E-state index in [4.69, 9.17) is 9.72 Å². The summed E-state index contributed by atoms with van der Waals surface area (Å²) in [6.45, 7) is 6.56. The first-order valence-corrected chi connectivity index (χ1v) is 14.5. The van der Waals surface area contributed by atoms with Crippen molar-refractivity contribution in [2.75, 3.05) is 0 Å². The van der Waals surface area contributed by atoms with E-state index in [0.717, 1.165) is 47.0 Å². The molecule has 0 radical (unpaired) electrons. The van der Waals surface area contributed by atoms with E-state index in [1.165, 1.54) is 18.4 Å². The standard InChI is InChI=1S/C35H38N2O4/c1-35(2,3)26-14-17-27(18-15-26)41-28-16-13-25-21-31(36-30(29(25)22-28)19-23-11-7-8-12-23)33(38)37-32(34(39)40)20-24-9-5-4-6-10-24/h4-6,9-10,13-18,21-23,32H,7-8,11-12,19-20H2,1-3H3,(H,37,38)(H,39,40)/t32-/m0/s1. The predicted molar refractivity (Wildman–Crippen MR) is 162 cm³/mol. The van der Waals surface area contributed by atoms with Crippen LogP contribution in [0.3, 0.4) is 0 Å². The fourth-order valence-corrected chi connectivity index (χ4v) is 5.56. The number of aromatic nitrogens is 1. The topological polar surface area (TPSA) is 88.5 Å². The van der Waals surface area contributed by atoms with Crippen molar-refractivity contribution in [2.24, 2.45) is 5.92 Å². The lowest BCUT2D eigenvalue weighted by molar-refractivity contribution is -0.139. The maximum absolute atomic E-state index is 13.3. The number of ether oxygens (including phenoxy) is 1. The van der Waals surface area contributed by atoms with Crippen molar-refractivity contribution in [1.29, 1.82) is 0 Å². The van der Waals surface area contributed by atoms with E-state index in [2.05, 4.69) is 38.2 Å². The van der Waals surface area contributed by atoms with Gasteiger partial charge in [-0.1, -0.05) is 95.0 Å². The number of carboxylic acids is 1. The van der Waals surface area contributed by atoms with Crippen LogP contribution in [0.4, 0.5) is 0 Å². The Labute approximate surface area is 241 Å². The Bertz CT molecular complexity index is 1520. The summed E-state index contributed by atoms with van der Waals surface area (Å²) in [6, 6.07) is 24.0. The van der Waals surface area contributed by atoms with E-state index in [9.17, 15) is 14.7 Å². The molecule has 1 saturated carbocycles. The lowest BCUT2D eigenvalue weighted by Gasteiger charge is -2.19. The van der Waals surface area contributed by atoms with Crippen LogP contribution in [-0.2, 0) is 23.1 Å². The summed E-state index contributed by atoms with van der Waals surface area (Å²) in [5.41, 5.74) is 3.23. The third kappa shape index (κ3) is 7.12. The highest BCUT2D eigenvalue weighted by Crippen LogP contribution is 2.33. The molecule has 0 saturated heterocycles. The maximum atomic E-state index is 13.3. The minimum Gasteiger partial charge on any atom is -0.480 e. The number of carbonyl (C=O) groups excluding carboxylic acids is 1. The number of carbonyl (C=O) groups is 2. The number of nitrogens with zero attached hydrogens (tertiary/aromatic N) is 1. The molecule has 1 amide bonds. The van der Waals surface area contributed by atoms with Gasteiger partial charge in [-0.15, -0.1) is 0 Å². The van der Waals surface area contributed by atoms with Crippen molar-refractivity contribution >= 4 is 22.6 Å². The minimum absolute atomic E-state index is 0.0678. The van der Waals surface area contributed by atoms with Gasteiger partial charge in [-0.2, -0.15) is 0 Å². The summed E-state index contributed by atoms with van der Waals surface area (Å²) in [5, 5.41) is 14.3. The van der Waals surface area contributed by atoms with Crippen LogP contribution in [0, 0.1) is 5.92 Å². The molecule has 6 nitrogen and oxygen atoms in total. The normalized spacial score (nSPS) is 14.6. The maximum Gasteiger partial charge on any atom is 0.326 e. The zero-order chi connectivity index (χ0) is 29.0. The Kier molecular flexibility index (Phi) is 8.39. The second-order valence-corrected chi connectivity index (χ2v) is 12.1. The molecule has 1 aromatic heterocycles. The first kappa shape index (κ1) is 28.3. The average molecular weight is 551 g/mol. The van der Waals surface area contributed by atoms with E-state index < -0.39 is 17.9 Å². The summed E-state index contributed by atoms with van der Waals surface area (Å²) >= 11 is 0. The van der Waals surface area contributed by atoms with E-state index in [0.29, 0.717) is 11.7 Å². The van der Waals surface area contributed by atoms with Crippen molar-refractivity contribution in [1.82, 2.24) is 10.3 Å². The molecule has 1 fully saturated rings. The number of carboxylic acid groups (broad SMARTS) is 1. The Morgan fingerprint density at radius 3 is 2.29 bits per heavy atom. The number of hydrogen-bond acceptors (Lipinski definition) is 4. The zero-order valence-electron chi connectivity index (χ0n) is 24.0. The number of amides is 1. The molecule has 1 aliphatic rings. The number of benzene rings is 3. The third-order valence-electron chi connectivity index (χ3n) is 7.91. The largest absolute Gasteiger partial charge is 0.480 e. The van der Waals surface area contributed by atoms with Gasteiger partial charge in [0.2, 0.25) is 0 Å². The van der Waals surface area contributed by atoms with Crippen molar-refractivity contribution in [3.8, 4) is 11.5 Å². The van der Waals surface area contributed by atoms with E-state index in [1.54, 1.807) is 6.07 Å². The van der Waals surface area contributed by atoms with Gasteiger partial charge in [0, 0.05) is 17.5 Å². The number of fused-ring (bicyclic) bond motifs is 1. The van der Waals surface area contributed by atoms with Gasteiger partial charge < -0.3 is 15.2 Å². The zero-order valence-corrected chi connectivity index (χ0v) is 24.0. The molecule has 1 heterocycles. The molecule has 0 aliphatic heterocycles. The Hall–Kier alpha value is -4.19. The van der Waals surface area contributed by atoms with Crippen LogP contribution in [0.2, 0.25) is 0 Å². The van der Waals surface area contributed by atoms with Crippen molar-refractivity contribution in [3.05, 3.63) is 101 Å². The molecule has 41 heavy (non-hydrogen) atoms. The van der Waals surface area contributed by atoms with Gasteiger partial charge in [0.25, 0.3) is 5.91 Å². The summed E-state index contributed by atoms with van der Waals surface area (Å²) in [5.74, 6) is 0.426. The van der Waals surface area contributed by atoms with Gasteiger partial charge in [-0.25, -0.2) is 9.78 Å². The smallest absolute Gasteiger partial charge is 0.326 e. The highest BCUT2D eigenvalue weighted by molar-refractivity contribution is 5.99. The van der Waals surface area contributed by atoms with Crippen LogP contribution in [0.25, 0.3) is 10.8 Å². The Balaban J connectivity index is 1.42. The van der Waals surface area contributed by atoms with Gasteiger partial charge in [-0.05, 0) is 64.6 Å². The monoisotopic (exact) mass is 550 g/mol. The van der Waals surface area contributed by atoms with E-state index >= 15 is 0 Å². The molecule has 0 spiro atoms. The highest BCUT2D eigenvalue weighted by atomic mass is 16.5. The van der Waals surface area contributed by atoms with Crippen molar-refractivity contribution in [3.63, 3.8) is 0 Å². The lowest BCUT2D eigenvalue weighted by Crippen LogP contribution is -2.42. The molecular weight excluding hydrogens is 512 g/mol. The van der Waals surface area contributed by atoms with Crippen LogP contribution >= 0.6 is 0 Å². The highest BCUT2D eigenvalue weighted by Gasteiger charge is 2.24. The number of aliphatic carboxylic acids is 1. The molecular formula is C35H38N2O4. The second kappa shape index (κ2) is 12.1. The third-order valence-corrected chi connectivity index (χ3v) is 7.91. The SMILES string of the molecule is CC(C)(C)c1ccc(Oc2ccc3cc(C(=O)N[C@@H](Cc4ccccc4)C(=O)O)nc(CC4CCCC4)c3c2)cc1. The molecule has 0 bridgehead atoms. The number of hydrogen-bond donors (Lipinski definition) is 2. The van der Waals surface area contributed by atoms with Gasteiger partial charge in [-0.3, -0.25) is 4.79 Å². The molecule has 1 aliphatic carbocycles. The number of pyridine rings is 1. The molecule has 2 N–H and O–H groups in total. The minimum atomic E-state index is -1.08. The molecule has 4 aromatic rings. The predicted octanol–water partition coefficient (Wildman–Crippen LogP) is 7.48. The van der Waals surface area contributed by atoms with Gasteiger partial charge >= 0.3 is 5.97 Å². The molecule has 0 unspecified atom stereocenters. The first-order chi connectivity index (χ1) is 19.7. The van der Waals surface area contributed by atoms with Crippen LogP contribution in [0.5, 0.6) is 11.5 Å². The lowest BCUT2D eigenvalue weighted by atomic mass is 9.87. The first-order valence-electron chi connectivity index (χ1n) is 14.5. The molecule has 5 rings (SSSR count). The van der Waals surface area contributed by atoms with Crippen molar-refractivity contribution < 1.29 is 19.4 Å². The number of rotatable bonds is 9. The Morgan fingerprint density at radius 1 is 0.951 bits per heavy atom. The van der Waals surface area contributed by atoms with Crippen LogP contribution < -0.4 is 10.1 Å². The van der Waals surface area contributed by atoms with Gasteiger partial charge in [0.15, 0.2) is 0 Å². The van der Waals surface area contributed by atoms with Gasteiger partial charge in [0.05, 0.1) is 0 Å². The van der Waals surface area contributed by atoms with Crippen LogP contribution in [-0.4, -0.2) is 28.0 Å².